The molecule has 5 aliphatic rings. The number of aliphatic hydroxyl groups is 3. The summed E-state index contributed by atoms with van der Waals surface area (Å²) in [5, 5.41) is 42.2. The zero-order chi connectivity index (χ0) is 24.9. The smallest absolute Gasteiger partial charge is 0.310 e. The van der Waals surface area contributed by atoms with Gasteiger partial charge in [0.25, 0.3) is 0 Å². The van der Waals surface area contributed by atoms with Crippen molar-refractivity contribution in [2.45, 2.75) is 97.7 Å². The van der Waals surface area contributed by atoms with E-state index in [0.29, 0.717) is 18.8 Å². The Morgan fingerprint density at radius 2 is 1.76 bits per heavy atom. The van der Waals surface area contributed by atoms with Crippen LogP contribution in [0.3, 0.4) is 0 Å². The standard InChI is InChI=1S/C29H44O5/c1-17-14-19-18-6-7-22-25(2)10-9-23(32)26(3,16-30)21(25)8-11-28(22,5)27(18,4)12-13-29(19,24(33)34)15-20(17)31/h6,19-23,30-32H,1,7-16H2,2-5H3,(H,33,34)/t19-,20-,21+,22+,23-,25-,26+,27+,28+,29+/m0/s1. The summed E-state index contributed by atoms with van der Waals surface area (Å²) >= 11 is 0. The van der Waals surface area contributed by atoms with E-state index >= 15 is 0 Å². The van der Waals surface area contributed by atoms with Crippen LogP contribution < -0.4 is 0 Å². The average Bonchev–Trinajstić information content (AvgIpc) is 2.78. The topological polar surface area (TPSA) is 98.0 Å². The molecule has 0 bridgehead atoms. The lowest BCUT2D eigenvalue weighted by Gasteiger charge is -2.71. The minimum atomic E-state index is -0.902. The Morgan fingerprint density at radius 1 is 1.06 bits per heavy atom. The summed E-state index contributed by atoms with van der Waals surface area (Å²) in [5.41, 5.74) is 0.667. The normalized spacial score (nSPS) is 54.7. The van der Waals surface area contributed by atoms with Gasteiger partial charge in [-0.2, -0.15) is 0 Å². The highest BCUT2D eigenvalue weighted by molar-refractivity contribution is 5.77. The van der Waals surface area contributed by atoms with E-state index in [9.17, 15) is 25.2 Å². The summed E-state index contributed by atoms with van der Waals surface area (Å²) in [5.74, 6) is -0.161. The molecule has 5 aliphatic carbocycles. The van der Waals surface area contributed by atoms with Gasteiger partial charge < -0.3 is 20.4 Å². The molecule has 190 valence electrons. The number of hydrogen-bond donors (Lipinski definition) is 4. The van der Waals surface area contributed by atoms with Crippen molar-refractivity contribution in [3.8, 4) is 0 Å². The minimum absolute atomic E-state index is 0.0177. The Labute approximate surface area is 204 Å². The number of aliphatic hydroxyl groups excluding tert-OH is 3. The molecule has 0 aromatic rings. The molecule has 0 radical (unpaired) electrons. The van der Waals surface area contributed by atoms with Crippen LogP contribution in [0.1, 0.15) is 85.5 Å². The lowest BCUT2D eigenvalue weighted by molar-refractivity contribution is -0.215. The number of carboxylic acids is 1. The molecule has 10 atom stereocenters. The molecule has 0 aliphatic heterocycles. The van der Waals surface area contributed by atoms with Crippen molar-refractivity contribution in [1.29, 1.82) is 0 Å². The van der Waals surface area contributed by atoms with Gasteiger partial charge in [-0.05, 0) is 91.4 Å². The van der Waals surface area contributed by atoms with Gasteiger partial charge in [-0.3, -0.25) is 4.79 Å². The van der Waals surface area contributed by atoms with Gasteiger partial charge in [0.05, 0.1) is 24.2 Å². The number of aliphatic carboxylic acids is 1. The van der Waals surface area contributed by atoms with Crippen LogP contribution in [-0.2, 0) is 4.79 Å². The largest absolute Gasteiger partial charge is 0.481 e. The number of rotatable bonds is 2. The van der Waals surface area contributed by atoms with Gasteiger partial charge in [0.2, 0.25) is 0 Å². The number of carbonyl (C=O) groups is 1. The lowest BCUT2D eigenvalue weighted by atomic mass is 9.33. The summed E-state index contributed by atoms with van der Waals surface area (Å²) < 4.78 is 0. The van der Waals surface area contributed by atoms with Crippen molar-refractivity contribution in [1.82, 2.24) is 0 Å². The maximum atomic E-state index is 12.7. The quantitative estimate of drug-likeness (QED) is 0.437. The van der Waals surface area contributed by atoms with Crippen LogP contribution >= 0.6 is 0 Å². The molecule has 0 unspecified atom stereocenters. The second-order valence-electron chi connectivity index (χ2n) is 13.6. The van der Waals surface area contributed by atoms with Gasteiger partial charge in [0.1, 0.15) is 0 Å². The predicted molar refractivity (Wildman–Crippen MR) is 131 cm³/mol. The molecule has 4 saturated carbocycles. The van der Waals surface area contributed by atoms with Gasteiger partial charge in [0, 0.05) is 11.3 Å². The van der Waals surface area contributed by atoms with E-state index in [0.717, 1.165) is 44.1 Å². The molecule has 0 spiro atoms. The Morgan fingerprint density at radius 3 is 2.41 bits per heavy atom. The first-order valence-corrected chi connectivity index (χ1v) is 13.4. The van der Waals surface area contributed by atoms with E-state index < -0.39 is 29.0 Å². The summed E-state index contributed by atoms with van der Waals surface area (Å²) in [6.45, 7) is 13.5. The van der Waals surface area contributed by atoms with Crippen molar-refractivity contribution in [3.05, 3.63) is 23.8 Å². The van der Waals surface area contributed by atoms with Crippen molar-refractivity contribution < 1.29 is 25.2 Å². The molecule has 0 heterocycles. The fourth-order valence-electron chi connectivity index (χ4n) is 10.2. The predicted octanol–water partition coefficient (Wildman–Crippen LogP) is 4.71. The lowest BCUT2D eigenvalue weighted by Crippen LogP contribution is -2.66. The SMILES string of the molecule is C=C1C[C@H]2C3=CC[C@@H]4[C@@]5(C)CC[C@H](O)[C@](C)(CO)[C@@H]5CC[C@@]4(C)[C@]3(C)CC[C@@]2(C(=O)O)C[C@@H]1O. The van der Waals surface area contributed by atoms with Gasteiger partial charge >= 0.3 is 5.97 Å². The molecule has 4 fully saturated rings. The maximum Gasteiger partial charge on any atom is 0.310 e. The highest BCUT2D eigenvalue weighted by atomic mass is 16.4. The third-order valence-corrected chi connectivity index (χ3v) is 12.7. The molecule has 5 heteroatoms. The van der Waals surface area contributed by atoms with Crippen molar-refractivity contribution >= 4 is 5.97 Å². The van der Waals surface area contributed by atoms with E-state index in [1.54, 1.807) is 0 Å². The molecule has 0 aromatic heterocycles. The van der Waals surface area contributed by atoms with E-state index in [2.05, 4.69) is 40.3 Å². The van der Waals surface area contributed by atoms with Gasteiger partial charge in [-0.15, -0.1) is 0 Å². The first kappa shape index (κ1) is 24.5. The van der Waals surface area contributed by atoms with Crippen LogP contribution in [0.4, 0.5) is 0 Å². The van der Waals surface area contributed by atoms with Crippen molar-refractivity contribution in [3.63, 3.8) is 0 Å². The van der Waals surface area contributed by atoms with Gasteiger partial charge in [-0.1, -0.05) is 45.9 Å². The summed E-state index contributed by atoms with van der Waals surface area (Å²) in [6.07, 6.45) is 8.09. The fourth-order valence-corrected chi connectivity index (χ4v) is 10.2. The van der Waals surface area contributed by atoms with E-state index in [1.807, 2.05) is 0 Å². The highest BCUT2D eigenvalue weighted by Crippen LogP contribution is 2.75. The molecule has 0 amide bonds. The second-order valence-corrected chi connectivity index (χ2v) is 13.6. The number of hydrogen-bond acceptors (Lipinski definition) is 4. The van der Waals surface area contributed by atoms with E-state index in [-0.39, 0.29) is 41.1 Å². The summed E-state index contributed by atoms with van der Waals surface area (Å²) in [4.78, 5) is 12.7. The molecular formula is C29H44O5. The number of allylic oxidation sites excluding steroid dienone is 2. The molecule has 34 heavy (non-hydrogen) atoms. The first-order valence-electron chi connectivity index (χ1n) is 13.4. The Bertz CT molecular complexity index is 941. The Kier molecular flexibility index (Phi) is 5.36. The number of carboxylic acid groups (broad SMARTS) is 1. The van der Waals surface area contributed by atoms with Crippen LogP contribution in [0.25, 0.3) is 0 Å². The average molecular weight is 473 g/mol. The maximum absolute atomic E-state index is 12.7. The van der Waals surface area contributed by atoms with E-state index in [1.165, 1.54) is 5.57 Å². The summed E-state index contributed by atoms with van der Waals surface area (Å²) in [6, 6.07) is 0. The Balaban J connectivity index is 1.59. The van der Waals surface area contributed by atoms with Crippen LogP contribution in [0, 0.1) is 44.8 Å². The van der Waals surface area contributed by atoms with Crippen LogP contribution in [0.5, 0.6) is 0 Å². The zero-order valence-electron chi connectivity index (χ0n) is 21.4. The molecular weight excluding hydrogens is 428 g/mol. The van der Waals surface area contributed by atoms with Crippen LogP contribution in [0.15, 0.2) is 23.8 Å². The minimum Gasteiger partial charge on any atom is -0.481 e. The molecule has 0 saturated heterocycles. The second kappa shape index (κ2) is 7.43. The van der Waals surface area contributed by atoms with Crippen LogP contribution in [-0.4, -0.2) is 45.2 Å². The van der Waals surface area contributed by atoms with Gasteiger partial charge in [0.15, 0.2) is 0 Å². The van der Waals surface area contributed by atoms with Gasteiger partial charge in [-0.25, -0.2) is 0 Å². The van der Waals surface area contributed by atoms with Crippen molar-refractivity contribution in [2.75, 3.05) is 6.61 Å². The monoisotopic (exact) mass is 472 g/mol. The van der Waals surface area contributed by atoms with E-state index in [4.69, 9.17) is 0 Å². The molecule has 4 N–H and O–H groups in total. The molecule has 5 rings (SSSR count). The third kappa shape index (κ3) is 2.75. The zero-order valence-corrected chi connectivity index (χ0v) is 21.4. The summed E-state index contributed by atoms with van der Waals surface area (Å²) in [7, 11) is 0. The fraction of sp³-hybridized carbons (Fsp3) is 0.828. The Hall–Kier alpha value is -1.17. The first-order chi connectivity index (χ1) is 15.8. The highest BCUT2D eigenvalue weighted by Gasteiger charge is 2.69. The molecule has 5 nitrogen and oxygen atoms in total. The van der Waals surface area contributed by atoms with Crippen LogP contribution in [0.2, 0.25) is 0 Å². The van der Waals surface area contributed by atoms with Crippen molar-refractivity contribution in [2.24, 2.45) is 44.8 Å². The third-order valence-electron chi connectivity index (χ3n) is 12.7. The molecule has 0 aromatic carbocycles. The number of fused-ring (bicyclic) bond motifs is 7.